The summed E-state index contributed by atoms with van der Waals surface area (Å²) in [7, 11) is 1.76. The third-order valence-corrected chi connectivity index (χ3v) is 4.99. The van der Waals surface area contributed by atoms with Crippen molar-refractivity contribution in [2.75, 3.05) is 31.6 Å². The molecule has 0 unspecified atom stereocenters. The van der Waals surface area contributed by atoms with Crippen LogP contribution >= 0.6 is 11.6 Å². The molecule has 0 aliphatic carbocycles. The highest BCUT2D eigenvalue weighted by Gasteiger charge is 2.18. The van der Waals surface area contributed by atoms with Crippen LogP contribution in [-0.4, -0.2) is 43.4 Å². The van der Waals surface area contributed by atoms with Gasteiger partial charge in [-0.2, -0.15) is 0 Å². The largest absolute Gasteiger partial charge is 0.371 e. The number of likely N-dealkylation sites (N-methyl/N-ethyl adjacent to an activating group) is 1. The Labute approximate surface area is 164 Å². The minimum Gasteiger partial charge on any atom is -0.371 e. The van der Waals surface area contributed by atoms with Crippen LogP contribution in [0.4, 0.5) is 5.69 Å². The van der Waals surface area contributed by atoms with Gasteiger partial charge < -0.3 is 15.1 Å². The van der Waals surface area contributed by atoms with Gasteiger partial charge in [0.25, 0.3) is 5.91 Å². The lowest BCUT2D eigenvalue weighted by molar-refractivity contribution is -0.129. The first kappa shape index (κ1) is 19.2. The summed E-state index contributed by atoms with van der Waals surface area (Å²) in [6, 6.07) is 14.9. The second kappa shape index (κ2) is 8.91. The maximum Gasteiger partial charge on any atom is 0.251 e. The summed E-state index contributed by atoms with van der Waals surface area (Å²) in [5, 5.41) is 3.15. The maximum atomic E-state index is 12.5. The minimum atomic E-state index is -0.309. The Balaban J connectivity index is 1.57. The second-order valence-electron chi connectivity index (χ2n) is 6.77. The van der Waals surface area contributed by atoms with Crippen LogP contribution in [0, 0.1) is 0 Å². The van der Waals surface area contributed by atoms with Gasteiger partial charge >= 0.3 is 0 Å². The first-order valence-electron chi connectivity index (χ1n) is 9.15. The number of nitrogens with zero attached hydrogens (tertiary/aromatic N) is 2. The topological polar surface area (TPSA) is 52.6 Å². The summed E-state index contributed by atoms with van der Waals surface area (Å²) < 4.78 is 0. The highest BCUT2D eigenvalue weighted by atomic mass is 35.5. The van der Waals surface area contributed by atoms with Crippen LogP contribution < -0.4 is 10.2 Å². The van der Waals surface area contributed by atoms with Gasteiger partial charge in [0.05, 0.1) is 6.54 Å². The Morgan fingerprint density at radius 3 is 2.59 bits per heavy atom. The lowest BCUT2D eigenvalue weighted by atomic mass is 10.1. The summed E-state index contributed by atoms with van der Waals surface area (Å²) in [4.78, 5) is 28.6. The smallest absolute Gasteiger partial charge is 0.251 e. The monoisotopic (exact) mass is 385 g/mol. The fraction of sp³-hybridized carbons (Fsp3) is 0.333. The molecule has 1 aliphatic heterocycles. The molecular weight excluding hydrogens is 362 g/mol. The lowest BCUT2D eigenvalue weighted by Gasteiger charge is -2.24. The van der Waals surface area contributed by atoms with Crippen LogP contribution in [-0.2, 0) is 11.3 Å². The van der Waals surface area contributed by atoms with E-state index in [2.05, 4.69) is 22.3 Å². The van der Waals surface area contributed by atoms with Crippen molar-refractivity contribution in [3.8, 4) is 0 Å². The third-order valence-electron chi connectivity index (χ3n) is 4.76. The average Bonchev–Trinajstić information content (AvgIpc) is 3.20. The molecule has 0 spiro atoms. The Hall–Kier alpha value is -2.53. The van der Waals surface area contributed by atoms with Crippen molar-refractivity contribution in [2.24, 2.45) is 0 Å². The van der Waals surface area contributed by atoms with Crippen molar-refractivity contribution >= 4 is 29.1 Å². The Kier molecular flexibility index (Phi) is 6.35. The number of hydrogen-bond acceptors (Lipinski definition) is 3. The van der Waals surface area contributed by atoms with Gasteiger partial charge in [-0.1, -0.05) is 35.9 Å². The molecule has 0 atom stereocenters. The molecule has 1 fully saturated rings. The molecule has 0 bridgehead atoms. The van der Waals surface area contributed by atoms with E-state index in [1.54, 1.807) is 36.2 Å². The van der Waals surface area contributed by atoms with E-state index < -0.39 is 0 Å². The molecule has 0 aromatic heterocycles. The summed E-state index contributed by atoms with van der Waals surface area (Å²) in [6.45, 7) is 2.58. The number of para-hydroxylation sites is 1. The van der Waals surface area contributed by atoms with E-state index in [9.17, 15) is 9.59 Å². The van der Waals surface area contributed by atoms with Crippen LogP contribution in [0.5, 0.6) is 0 Å². The average molecular weight is 386 g/mol. The van der Waals surface area contributed by atoms with Gasteiger partial charge in [-0.25, -0.2) is 0 Å². The van der Waals surface area contributed by atoms with E-state index in [-0.39, 0.29) is 18.4 Å². The Morgan fingerprint density at radius 1 is 1.11 bits per heavy atom. The molecule has 0 radical (unpaired) electrons. The standard InChI is InChI=1S/C21H24ClN3O2/c1-24(15-17-7-2-3-10-19(17)25-11-4-5-12-25)20(26)14-23-21(27)16-8-6-9-18(22)13-16/h2-3,6-10,13H,4-5,11-12,14-15H2,1H3,(H,23,27). The van der Waals surface area contributed by atoms with Crippen molar-refractivity contribution in [1.82, 2.24) is 10.2 Å². The van der Waals surface area contributed by atoms with E-state index in [0.717, 1.165) is 18.7 Å². The minimum absolute atomic E-state index is 0.0479. The second-order valence-corrected chi connectivity index (χ2v) is 7.20. The van der Waals surface area contributed by atoms with Crippen LogP contribution in [0.1, 0.15) is 28.8 Å². The molecule has 1 saturated heterocycles. The van der Waals surface area contributed by atoms with Crippen LogP contribution in [0.15, 0.2) is 48.5 Å². The van der Waals surface area contributed by atoms with Crippen LogP contribution in [0.25, 0.3) is 0 Å². The van der Waals surface area contributed by atoms with E-state index >= 15 is 0 Å². The van der Waals surface area contributed by atoms with Crippen molar-refractivity contribution in [1.29, 1.82) is 0 Å². The number of hydrogen-bond donors (Lipinski definition) is 1. The Bertz CT molecular complexity index is 819. The molecular formula is C21H24ClN3O2. The molecule has 2 aromatic rings. The molecule has 3 rings (SSSR count). The number of rotatable bonds is 6. The molecule has 6 heteroatoms. The zero-order valence-electron chi connectivity index (χ0n) is 15.5. The number of carbonyl (C=O) groups excluding carboxylic acids is 2. The van der Waals surface area contributed by atoms with E-state index in [4.69, 9.17) is 11.6 Å². The zero-order chi connectivity index (χ0) is 19.2. The summed E-state index contributed by atoms with van der Waals surface area (Å²) in [5.74, 6) is -0.446. The molecule has 1 N–H and O–H groups in total. The lowest BCUT2D eigenvalue weighted by Crippen LogP contribution is -2.38. The van der Waals surface area contributed by atoms with Gasteiger partial charge in [0.15, 0.2) is 0 Å². The Morgan fingerprint density at radius 2 is 1.85 bits per heavy atom. The predicted molar refractivity (Wildman–Crippen MR) is 108 cm³/mol. The molecule has 2 amide bonds. The summed E-state index contributed by atoms with van der Waals surface area (Å²) in [6.07, 6.45) is 2.41. The molecule has 1 aliphatic rings. The molecule has 142 valence electrons. The maximum absolute atomic E-state index is 12.5. The number of amides is 2. The highest BCUT2D eigenvalue weighted by Crippen LogP contribution is 2.25. The van der Waals surface area contributed by atoms with Gasteiger partial charge in [0.2, 0.25) is 5.91 Å². The normalized spacial score (nSPS) is 13.5. The van der Waals surface area contributed by atoms with Gasteiger partial charge in [-0.05, 0) is 42.7 Å². The fourth-order valence-electron chi connectivity index (χ4n) is 3.28. The molecule has 27 heavy (non-hydrogen) atoms. The van der Waals surface area contributed by atoms with Gasteiger partial charge in [-0.3, -0.25) is 9.59 Å². The first-order valence-corrected chi connectivity index (χ1v) is 9.53. The highest BCUT2D eigenvalue weighted by molar-refractivity contribution is 6.30. The van der Waals surface area contributed by atoms with Crippen molar-refractivity contribution in [2.45, 2.75) is 19.4 Å². The summed E-state index contributed by atoms with van der Waals surface area (Å²) in [5.41, 5.74) is 2.76. The van der Waals surface area contributed by atoms with Gasteiger partial charge in [0, 0.05) is 43.0 Å². The molecule has 0 saturated carbocycles. The zero-order valence-corrected chi connectivity index (χ0v) is 16.2. The number of anilines is 1. The van der Waals surface area contributed by atoms with Gasteiger partial charge in [-0.15, -0.1) is 0 Å². The third kappa shape index (κ3) is 5.01. The number of halogens is 1. The fourth-order valence-corrected chi connectivity index (χ4v) is 3.47. The van der Waals surface area contributed by atoms with Gasteiger partial charge in [0.1, 0.15) is 0 Å². The number of benzene rings is 2. The number of nitrogens with one attached hydrogen (secondary N) is 1. The SMILES string of the molecule is CN(Cc1ccccc1N1CCCC1)C(=O)CNC(=O)c1cccc(Cl)c1. The molecule has 5 nitrogen and oxygen atoms in total. The molecule has 1 heterocycles. The van der Waals surface area contributed by atoms with Crippen LogP contribution in [0.2, 0.25) is 5.02 Å². The van der Waals surface area contributed by atoms with Crippen LogP contribution in [0.3, 0.4) is 0 Å². The van der Waals surface area contributed by atoms with Crippen molar-refractivity contribution < 1.29 is 9.59 Å². The van der Waals surface area contributed by atoms with E-state index in [1.807, 2.05) is 12.1 Å². The van der Waals surface area contributed by atoms with Crippen molar-refractivity contribution in [3.05, 3.63) is 64.7 Å². The number of carbonyl (C=O) groups is 2. The quantitative estimate of drug-likeness (QED) is 0.829. The summed E-state index contributed by atoms with van der Waals surface area (Å²) >= 11 is 5.90. The van der Waals surface area contributed by atoms with E-state index in [0.29, 0.717) is 17.1 Å². The van der Waals surface area contributed by atoms with Crippen molar-refractivity contribution in [3.63, 3.8) is 0 Å². The first-order chi connectivity index (χ1) is 13.0. The molecule has 2 aromatic carbocycles. The predicted octanol–water partition coefficient (Wildman–Crippen LogP) is 3.33. The van der Waals surface area contributed by atoms with E-state index in [1.165, 1.54) is 18.5 Å².